The molecule has 0 bridgehead atoms. The third kappa shape index (κ3) is 4.68. The topological polar surface area (TPSA) is 55.4 Å². The summed E-state index contributed by atoms with van der Waals surface area (Å²) in [7, 11) is 0. The van der Waals surface area contributed by atoms with Crippen molar-refractivity contribution < 1.29 is 14.3 Å². The van der Waals surface area contributed by atoms with Crippen molar-refractivity contribution in [2.24, 2.45) is 0 Å². The first kappa shape index (κ1) is 16.7. The van der Waals surface area contributed by atoms with Gasteiger partial charge in [-0.25, -0.2) is 0 Å². The minimum atomic E-state index is -0.453. The van der Waals surface area contributed by atoms with Gasteiger partial charge < -0.3 is 10.1 Å². The molecule has 120 valence electrons. The fourth-order valence-corrected chi connectivity index (χ4v) is 2.12. The molecule has 0 unspecified atom stereocenters. The lowest BCUT2D eigenvalue weighted by Crippen LogP contribution is -2.30. The van der Waals surface area contributed by atoms with Crippen molar-refractivity contribution in [3.8, 4) is 0 Å². The van der Waals surface area contributed by atoms with Crippen LogP contribution in [0.15, 0.2) is 42.5 Å². The number of carbonyl (C=O) groups excluding carboxylic acids is 2. The molecule has 0 heterocycles. The van der Waals surface area contributed by atoms with E-state index in [1.807, 2.05) is 57.2 Å². The predicted octanol–water partition coefficient (Wildman–Crippen LogP) is 3.09. The molecule has 0 fully saturated rings. The van der Waals surface area contributed by atoms with Crippen molar-refractivity contribution in [1.82, 2.24) is 5.32 Å². The molecule has 0 saturated carbocycles. The van der Waals surface area contributed by atoms with Gasteiger partial charge in [-0.05, 0) is 55.2 Å². The maximum atomic E-state index is 12.0. The SMILES string of the molecule is Cc1ccc(C(=O)NCC(=O)OCc2ccccc2C)cc1C. The molecule has 0 spiro atoms. The number of rotatable bonds is 5. The number of hydrogen-bond donors (Lipinski definition) is 1. The molecule has 23 heavy (non-hydrogen) atoms. The number of benzene rings is 2. The van der Waals surface area contributed by atoms with Crippen molar-refractivity contribution in [1.29, 1.82) is 0 Å². The van der Waals surface area contributed by atoms with Gasteiger partial charge in [-0.15, -0.1) is 0 Å². The van der Waals surface area contributed by atoms with Crippen molar-refractivity contribution in [2.75, 3.05) is 6.54 Å². The number of ether oxygens (including phenoxy) is 1. The average molecular weight is 311 g/mol. The van der Waals surface area contributed by atoms with E-state index in [9.17, 15) is 9.59 Å². The minimum absolute atomic E-state index is 0.141. The Morgan fingerprint density at radius 2 is 1.70 bits per heavy atom. The number of carbonyl (C=O) groups is 2. The number of aryl methyl sites for hydroxylation is 3. The lowest BCUT2D eigenvalue weighted by molar-refractivity contribution is -0.143. The zero-order chi connectivity index (χ0) is 16.8. The van der Waals surface area contributed by atoms with Crippen LogP contribution >= 0.6 is 0 Å². The Hall–Kier alpha value is -2.62. The van der Waals surface area contributed by atoms with Crippen molar-refractivity contribution in [3.05, 3.63) is 70.3 Å². The Morgan fingerprint density at radius 1 is 0.957 bits per heavy atom. The monoisotopic (exact) mass is 311 g/mol. The molecule has 4 nitrogen and oxygen atoms in total. The summed E-state index contributed by atoms with van der Waals surface area (Å²) in [6, 6.07) is 13.2. The summed E-state index contributed by atoms with van der Waals surface area (Å²) in [4.78, 5) is 23.8. The fourth-order valence-electron chi connectivity index (χ4n) is 2.12. The molecule has 1 amide bonds. The number of nitrogens with one attached hydrogen (secondary N) is 1. The highest BCUT2D eigenvalue weighted by atomic mass is 16.5. The molecule has 2 aromatic carbocycles. The van der Waals surface area contributed by atoms with Gasteiger partial charge in [0.15, 0.2) is 0 Å². The lowest BCUT2D eigenvalue weighted by atomic mass is 10.1. The van der Waals surface area contributed by atoms with E-state index < -0.39 is 5.97 Å². The smallest absolute Gasteiger partial charge is 0.325 e. The van der Waals surface area contributed by atoms with E-state index in [4.69, 9.17) is 4.74 Å². The second-order valence-electron chi connectivity index (χ2n) is 5.57. The van der Waals surface area contributed by atoms with E-state index in [-0.39, 0.29) is 19.1 Å². The van der Waals surface area contributed by atoms with E-state index in [2.05, 4.69) is 5.32 Å². The first-order valence-electron chi connectivity index (χ1n) is 7.53. The maximum Gasteiger partial charge on any atom is 0.325 e. The van der Waals surface area contributed by atoms with Crippen LogP contribution in [0.2, 0.25) is 0 Å². The lowest BCUT2D eigenvalue weighted by Gasteiger charge is -2.09. The molecule has 4 heteroatoms. The van der Waals surface area contributed by atoms with Gasteiger partial charge in [-0.3, -0.25) is 9.59 Å². The molecular formula is C19H21NO3. The Bertz CT molecular complexity index is 722. The molecule has 0 radical (unpaired) electrons. The zero-order valence-electron chi connectivity index (χ0n) is 13.7. The Labute approximate surface area is 136 Å². The Kier molecular flexibility index (Phi) is 5.52. The number of esters is 1. The second-order valence-corrected chi connectivity index (χ2v) is 5.57. The number of amides is 1. The molecule has 0 saturated heterocycles. The standard InChI is InChI=1S/C19H21NO3/c1-13-8-9-16(10-15(13)3)19(22)20-11-18(21)23-12-17-7-5-4-6-14(17)2/h4-10H,11-12H2,1-3H3,(H,20,22). The first-order valence-corrected chi connectivity index (χ1v) is 7.53. The summed E-state index contributed by atoms with van der Waals surface area (Å²) >= 11 is 0. The van der Waals surface area contributed by atoms with E-state index >= 15 is 0 Å². The van der Waals surface area contributed by atoms with Crippen LogP contribution in [0.1, 0.15) is 32.6 Å². The van der Waals surface area contributed by atoms with Crippen LogP contribution in [0.3, 0.4) is 0 Å². The fraction of sp³-hybridized carbons (Fsp3) is 0.263. The van der Waals surface area contributed by atoms with Crippen LogP contribution in [0.25, 0.3) is 0 Å². The molecule has 1 N–H and O–H groups in total. The second kappa shape index (κ2) is 7.58. The van der Waals surface area contributed by atoms with E-state index in [0.717, 1.165) is 22.3 Å². The maximum absolute atomic E-state index is 12.0. The third-order valence-electron chi connectivity index (χ3n) is 3.81. The molecular weight excluding hydrogens is 290 g/mol. The van der Waals surface area contributed by atoms with Crippen molar-refractivity contribution in [2.45, 2.75) is 27.4 Å². The Balaban J connectivity index is 1.83. The summed E-state index contributed by atoms with van der Waals surface area (Å²) in [6.07, 6.45) is 0. The quantitative estimate of drug-likeness (QED) is 0.863. The number of hydrogen-bond acceptors (Lipinski definition) is 3. The molecule has 0 aliphatic heterocycles. The van der Waals surface area contributed by atoms with E-state index in [1.165, 1.54) is 0 Å². The van der Waals surface area contributed by atoms with E-state index in [1.54, 1.807) is 6.07 Å². The first-order chi connectivity index (χ1) is 11.0. The van der Waals surface area contributed by atoms with Gasteiger partial charge in [0.2, 0.25) is 0 Å². The summed E-state index contributed by atoms with van der Waals surface area (Å²) in [5.74, 6) is -0.730. The van der Waals surface area contributed by atoms with Gasteiger partial charge in [-0.2, -0.15) is 0 Å². The van der Waals surface area contributed by atoms with Crippen LogP contribution < -0.4 is 5.32 Å². The van der Waals surface area contributed by atoms with Crippen LogP contribution in [0, 0.1) is 20.8 Å². The summed E-state index contributed by atoms with van der Waals surface area (Å²) in [5.41, 5.74) is 4.74. The summed E-state index contributed by atoms with van der Waals surface area (Å²) < 4.78 is 5.18. The molecule has 0 aromatic heterocycles. The normalized spacial score (nSPS) is 10.2. The molecule has 0 atom stereocenters. The van der Waals surface area contributed by atoms with E-state index in [0.29, 0.717) is 5.56 Å². The van der Waals surface area contributed by atoms with Gasteiger partial charge in [0.1, 0.15) is 13.2 Å². The molecule has 2 aromatic rings. The molecule has 0 aliphatic carbocycles. The van der Waals surface area contributed by atoms with Crippen molar-refractivity contribution >= 4 is 11.9 Å². The van der Waals surface area contributed by atoms with Crippen LogP contribution in [-0.2, 0) is 16.1 Å². The molecule has 0 aliphatic rings. The van der Waals surface area contributed by atoms with Gasteiger partial charge >= 0.3 is 5.97 Å². The van der Waals surface area contributed by atoms with Gasteiger partial charge in [-0.1, -0.05) is 30.3 Å². The highest BCUT2D eigenvalue weighted by molar-refractivity contribution is 5.96. The summed E-state index contributed by atoms with van der Waals surface area (Å²) in [5, 5.41) is 2.58. The third-order valence-corrected chi connectivity index (χ3v) is 3.81. The van der Waals surface area contributed by atoms with Gasteiger partial charge in [0.25, 0.3) is 5.91 Å². The molecule has 2 rings (SSSR count). The van der Waals surface area contributed by atoms with Gasteiger partial charge in [0, 0.05) is 5.56 Å². The van der Waals surface area contributed by atoms with Crippen LogP contribution in [-0.4, -0.2) is 18.4 Å². The van der Waals surface area contributed by atoms with Crippen molar-refractivity contribution in [3.63, 3.8) is 0 Å². The zero-order valence-corrected chi connectivity index (χ0v) is 13.7. The predicted molar refractivity (Wildman–Crippen MR) is 89.2 cm³/mol. The highest BCUT2D eigenvalue weighted by Gasteiger charge is 2.10. The minimum Gasteiger partial charge on any atom is -0.459 e. The summed E-state index contributed by atoms with van der Waals surface area (Å²) in [6.45, 7) is 5.97. The highest BCUT2D eigenvalue weighted by Crippen LogP contribution is 2.10. The van der Waals surface area contributed by atoms with Gasteiger partial charge in [0.05, 0.1) is 0 Å². The van der Waals surface area contributed by atoms with Crippen LogP contribution in [0.4, 0.5) is 0 Å². The average Bonchev–Trinajstić information content (AvgIpc) is 2.54. The van der Waals surface area contributed by atoms with Crippen LogP contribution in [0.5, 0.6) is 0 Å². The largest absolute Gasteiger partial charge is 0.459 e. The Morgan fingerprint density at radius 3 is 2.39 bits per heavy atom.